The molecule has 18 heteroatoms. The summed E-state index contributed by atoms with van der Waals surface area (Å²) in [6, 6.07) is 109. The minimum Gasteiger partial charge on any atom is -0.311 e. The van der Waals surface area contributed by atoms with Crippen LogP contribution in [0.15, 0.2) is 343 Å². The number of hydrogen-bond donors (Lipinski definition) is 0. The lowest BCUT2D eigenvalue weighted by atomic mass is 10.1. The molecule has 628 valence electrons. The topological polar surface area (TPSA) is 95.1 Å². The molecule has 8 aromatic carbocycles. The van der Waals surface area contributed by atoms with Crippen LogP contribution in [-0.2, 0) is 0 Å². The lowest BCUT2D eigenvalue weighted by Crippen LogP contribution is -2.21. The van der Waals surface area contributed by atoms with E-state index in [1.54, 1.807) is 157 Å². The number of carbonyl (C=O) groups excluding carboxylic acids is 5. The van der Waals surface area contributed by atoms with Crippen molar-refractivity contribution in [1.29, 1.82) is 0 Å². The van der Waals surface area contributed by atoms with Crippen molar-refractivity contribution in [3.63, 3.8) is 0 Å². The summed E-state index contributed by atoms with van der Waals surface area (Å²) >= 11 is 17.2. The number of aldehydes is 1. The van der Waals surface area contributed by atoms with Crippen molar-refractivity contribution in [1.82, 2.24) is 4.90 Å². The predicted octanol–water partition coefficient (Wildman–Crippen LogP) is 33.7. The molecule has 20 rings (SSSR count). The lowest BCUT2D eigenvalue weighted by molar-refractivity contribution is 0.0919. The van der Waals surface area contributed by atoms with E-state index in [-0.39, 0.29) is 35.1 Å². The van der Waals surface area contributed by atoms with Crippen LogP contribution in [0.3, 0.4) is 0 Å². The van der Waals surface area contributed by atoms with E-state index in [2.05, 4.69) is 354 Å². The molecule has 8 nitrogen and oxygen atoms in total. The zero-order valence-corrected chi connectivity index (χ0v) is 78.1. The number of thiophene rings is 10. The smallest absolute Gasteiger partial charge is 0.197 e. The van der Waals surface area contributed by atoms with E-state index in [1.807, 2.05) is 18.2 Å². The van der Waals surface area contributed by atoms with Crippen LogP contribution in [-0.4, -0.2) is 54.0 Å². The van der Waals surface area contributed by atoms with E-state index >= 15 is 0 Å². The van der Waals surface area contributed by atoms with Crippen LogP contribution in [0.1, 0.15) is 122 Å². The first-order chi connectivity index (χ1) is 62.8. The molecule has 0 saturated carbocycles. The van der Waals surface area contributed by atoms with Crippen LogP contribution in [0.4, 0.5) is 34.1 Å². The second-order valence-corrected chi connectivity index (χ2v) is 40.2. The molecular weight excluding hydrogens is 1760 g/mol. The second-order valence-electron chi connectivity index (χ2n) is 29.6. The molecule has 18 aromatic rings. The summed E-state index contributed by atoms with van der Waals surface area (Å²) in [5, 5.41) is 8.41. The highest BCUT2D eigenvalue weighted by Gasteiger charge is 2.33. The summed E-state index contributed by atoms with van der Waals surface area (Å²) in [4.78, 5) is 85.1. The number of ketones is 4. The van der Waals surface area contributed by atoms with Crippen molar-refractivity contribution in [2.24, 2.45) is 0 Å². The van der Waals surface area contributed by atoms with Gasteiger partial charge in [-0.2, -0.15) is 0 Å². The Morgan fingerprint density at radius 3 is 0.719 bits per heavy atom. The van der Waals surface area contributed by atoms with Gasteiger partial charge in [-0.15, -0.1) is 113 Å². The van der Waals surface area contributed by atoms with Gasteiger partial charge in [0.1, 0.15) is 0 Å². The molecule has 0 atom stereocenters. The van der Waals surface area contributed by atoms with Gasteiger partial charge >= 0.3 is 0 Å². The Balaban J connectivity index is 0.000000152. The number of anilines is 6. The predicted molar refractivity (Wildman–Crippen MR) is 557 cm³/mol. The normalized spacial score (nSPS) is 12.3. The fourth-order valence-corrected chi connectivity index (χ4v) is 22.7. The maximum atomic E-state index is 13.0. The molecule has 2 aliphatic rings. The van der Waals surface area contributed by atoms with Crippen molar-refractivity contribution < 1.29 is 24.0 Å². The number of nitrogens with zero attached hydrogens (tertiary/aromatic N) is 3. The lowest BCUT2D eigenvalue weighted by Gasteiger charge is -2.26. The van der Waals surface area contributed by atoms with E-state index in [9.17, 15) is 24.0 Å². The van der Waals surface area contributed by atoms with Gasteiger partial charge in [-0.25, -0.2) is 0 Å². The summed E-state index contributed by atoms with van der Waals surface area (Å²) in [5.74, 6) is -0.517. The van der Waals surface area contributed by atoms with Gasteiger partial charge in [-0.05, 0) is 299 Å². The number of allylic oxidation sites excluding steroid dienone is 1. The molecule has 10 heterocycles. The minimum atomic E-state index is -0.208. The highest BCUT2D eigenvalue weighted by molar-refractivity contribution is 7.19. The van der Waals surface area contributed by atoms with Gasteiger partial charge < -0.3 is 14.7 Å². The summed E-state index contributed by atoms with van der Waals surface area (Å²) in [5.41, 5.74) is 15.7. The molecule has 10 aromatic heterocycles. The molecule has 128 heavy (non-hydrogen) atoms. The largest absolute Gasteiger partial charge is 0.311 e. The minimum absolute atomic E-state index is 0.0504. The first-order valence-corrected chi connectivity index (χ1v) is 50.2. The Morgan fingerprint density at radius 1 is 0.250 bits per heavy atom. The van der Waals surface area contributed by atoms with E-state index in [0.717, 1.165) is 71.0 Å². The Kier molecular flexibility index (Phi) is 28.6. The van der Waals surface area contributed by atoms with Crippen molar-refractivity contribution in [3.05, 3.63) is 414 Å². The van der Waals surface area contributed by atoms with Gasteiger partial charge in [0.05, 0.1) is 16.9 Å². The molecule has 2 aliphatic carbocycles. The standard InChI is InChI=1S/C52H33NO2S5.C43H29NOS5.C9H6O2.C6H15N/c54-51-45-7-1-2-8-46(45)52(55)47(51)33-44-27-30-50(60-44)36-13-19-39(20-14-36)53(37-15-9-34(10-16-37)48-28-25-42(58-48)23-21-40-5-3-31-56-40)38-17-11-35(12-18-38)49-29-26-43(59-49)24-22-41-6-4-32-57-41;45-29-40-23-26-43(50-40)32-9-15-35(16-10-32)44(33-11-5-30(6-12-33)41-24-21-38(48-41)19-17-36-3-1-27-46-36)34-13-7-31(8-14-34)42-25-22-39(49-42)20-18-37-4-2-28-47-37;10-8-5-9(11)7-4-2-1-3-6(7)8;1-4-7(5-2)6-3/h1-33H;1-29H;1-4H,5H2;4-6H2,1-3H3/b23-21+,24-22+;19-17+,20-18+;;. The number of fused-ring (bicyclic) bond motifs is 2. The first-order valence-electron chi connectivity index (χ1n) is 41.8. The summed E-state index contributed by atoms with van der Waals surface area (Å²) in [7, 11) is 0. The molecule has 0 amide bonds. The fraction of sp³-hybridized carbons (Fsp3) is 0.0636. The Labute approximate surface area is 785 Å². The van der Waals surface area contributed by atoms with Crippen LogP contribution in [0.5, 0.6) is 0 Å². The maximum Gasteiger partial charge on any atom is 0.197 e. The Bertz CT molecular complexity index is 6650. The second kappa shape index (κ2) is 41.9. The van der Waals surface area contributed by atoms with Crippen molar-refractivity contribution in [2.45, 2.75) is 27.2 Å². The monoisotopic (exact) mass is 1850 g/mol. The van der Waals surface area contributed by atoms with Crippen molar-refractivity contribution >= 4 is 232 Å². The molecule has 0 fully saturated rings. The van der Waals surface area contributed by atoms with Crippen molar-refractivity contribution in [2.75, 3.05) is 29.4 Å². The number of hydrogen-bond acceptors (Lipinski definition) is 18. The van der Waals surface area contributed by atoms with Gasteiger partial charge in [0.2, 0.25) is 0 Å². The van der Waals surface area contributed by atoms with Crippen molar-refractivity contribution in [3.8, 4) is 62.6 Å². The summed E-state index contributed by atoms with van der Waals surface area (Å²) in [6.45, 7) is 10.1. The highest BCUT2D eigenvalue weighted by Crippen LogP contribution is 2.44. The maximum absolute atomic E-state index is 13.0. The fourth-order valence-electron chi connectivity index (χ4n) is 14.8. The van der Waals surface area contributed by atoms with E-state index in [4.69, 9.17) is 0 Å². The Morgan fingerprint density at radius 2 is 0.484 bits per heavy atom. The molecule has 0 radical (unpaired) electrons. The third-order valence-electron chi connectivity index (χ3n) is 21.5. The molecule has 0 aliphatic heterocycles. The Hall–Kier alpha value is -12.6. The quantitative estimate of drug-likeness (QED) is 0.0242. The molecule has 0 bridgehead atoms. The van der Waals surface area contributed by atoms with E-state index in [1.165, 1.54) is 112 Å². The highest BCUT2D eigenvalue weighted by atomic mass is 32.1. The average Bonchev–Trinajstić information content (AvgIpc) is 1.70. The molecular formula is C110H83N3O5S10. The van der Waals surface area contributed by atoms with Crippen LogP contribution >= 0.6 is 113 Å². The van der Waals surface area contributed by atoms with Gasteiger partial charge in [0.25, 0.3) is 0 Å². The first kappa shape index (κ1) is 87.4. The van der Waals surface area contributed by atoms with Gasteiger partial charge in [0.15, 0.2) is 29.4 Å². The number of rotatable bonds is 25. The van der Waals surface area contributed by atoms with E-state index in [0.29, 0.717) is 22.3 Å². The van der Waals surface area contributed by atoms with Crippen LogP contribution in [0.2, 0.25) is 0 Å². The zero-order chi connectivity index (χ0) is 87.7. The van der Waals surface area contributed by atoms with Crippen LogP contribution in [0.25, 0.3) is 117 Å². The van der Waals surface area contributed by atoms with Crippen LogP contribution < -0.4 is 9.80 Å². The molecule has 0 saturated heterocycles. The number of benzene rings is 8. The van der Waals surface area contributed by atoms with E-state index < -0.39 is 0 Å². The summed E-state index contributed by atoms with van der Waals surface area (Å²) in [6.07, 6.45) is 20.2. The number of Topliss-reactive ketones (excluding diaryl/α,β-unsaturated/α-hetero) is 4. The third-order valence-corrected chi connectivity index (χ3v) is 31.4. The third kappa shape index (κ3) is 21.3. The van der Waals surface area contributed by atoms with Gasteiger partial charge in [0, 0.05) is 130 Å². The SMILES string of the molecule is CCN(CC)CC.O=C1C(=Cc2ccc(-c3ccc(N(c4ccc(-c5ccc(/C=C/c6cccs6)s5)cc4)c4ccc(-c5ccc(/C=C/c6cccs6)s5)cc4)cc3)s2)C(=O)c2ccccc21.O=C1CC(=O)c2ccccc21.O=Cc1ccc(-c2ccc(N(c3ccc(-c4ccc(/C=C/c5cccs5)s4)cc3)c3ccc(-c4ccc(/C=C/c5cccs5)s4)cc3)cc2)s1. The van der Waals surface area contributed by atoms with Crippen LogP contribution in [0, 0.1) is 0 Å². The molecule has 0 unspecified atom stereocenters. The van der Waals surface area contributed by atoms with Gasteiger partial charge in [-0.1, -0.05) is 166 Å². The summed E-state index contributed by atoms with van der Waals surface area (Å²) < 4.78 is 0. The molecule has 0 N–H and O–H groups in total. The average molecular weight is 1850 g/mol. The molecule has 0 spiro atoms. The van der Waals surface area contributed by atoms with Gasteiger partial charge in [-0.3, -0.25) is 24.0 Å². The number of carbonyl (C=O) groups is 5. The zero-order valence-electron chi connectivity index (χ0n) is 69.9.